The van der Waals surface area contributed by atoms with Gasteiger partial charge in [-0.2, -0.15) is 10.5 Å². The van der Waals surface area contributed by atoms with Crippen LogP contribution in [-0.2, 0) is 10.5 Å². The van der Waals surface area contributed by atoms with Crippen LogP contribution < -0.4 is 10.9 Å². The summed E-state index contributed by atoms with van der Waals surface area (Å²) in [5.74, 6) is -0.974. The van der Waals surface area contributed by atoms with Crippen molar-refractivity contribution in [2.45, 2.75) is 33.4 Å². The number of carbonyl (C=O) groups is 1. The molecule has 3 rings (SSSR count). The van der Waals surface area contributed by atoms with Gasteiger partial charge in [-0.25, -0.2) is 4.79 Å². The van der Waals surface area contributed by atoms with Gasteiger partial charge in [0.25, 0.3) is 0 Å². The SMILES string of the molecule is Cc1cc2oc(=O)cc(CSC3=C(C#N)C(C)(C)[C@@H](C#N)C(=O)N3)c2cc1C. The zero-order valence-corrected chi connectivity index (χ0v) is 16.9. The zero-order chi connectivity index (χ0) is 20.6. The van der Waals surface area contributed by atoms with E-state index in [1.807, 2.05) is 32.0 Å². The molecule has 1 aliphatic heterocycles. The largest absolute Gasteiger partial charge is 0.423 e. The van der Waals surface area contributed by atoms with E-state index >= 15 is 0 Å². The van der Waals surface area contributed by atoms with Crippen molar-refractivity contribution < 1.29 is 9.21 Å². The smallest absolute Gasteiger partial charge is 0.336 e. The molecule has 1 amide bonds. The predicted octanol–water partition coefficient (Wildman–Crippen LogP) is 3.67. The number of amides is 1. The average molecular weight is 393 g/mol. The van der Waals surface area contributed by atoms with Crippen LogP contribution >= 0.6 is 11.8 Å². The third-order valence-corrected chi connectivity index (χ3v) is 6.20. The first kappa shape index (κ1) is 19.7. The molecule has 1 aromatic carbocycles. The van der Waals surface area contributed by atoms with Crippen LogP contribution in [0.25, 0.3) is 11.0 Å². The molecule has 2 heterocycles. The molecule has 0 radical (unpaired) electrons. The van der Waals surface area contributed by atoms with Gasteiger partial charge in [0, 0.05) is 22.6 Å². The highest BCUT2D eigenvalue weighted by atomic mass is 32.2. The fourth-order valence-corrected chi connectivity index (χ4v) is 4.45. The van der Waals surface area contributed by atoms with Crippen LogP contribution in [0.2, 0.25) is 0 Å². The predicted molar refractivity (Wildman–Crippen MR) is 107 cm³/mol. The highest BCUT2D eigenvalue weighted by molar-refractivity contribution is 8.02. The van der Waals surface area contributed by atoms with Crippen LogP contribution in [0.3, 0.4) is 0 Å². The Balaban J connectivity index is 2.02. The molecule has 0 bridgehead atoms. The fraction of sp³-hybridized carbons (Fsp3) is 0.333. The van der Waals surface area contributed by atoms with E-state index in [-0.39, 0.29) is 0 Å². The van der Waals surface area contributed by atoms with Crippen molar-refractivity contribution in [3.63, 3.8) is 0 Å². The van der Waals surface area contributed by atoms with Crippen LogP contribution in [0.4, 0.5) is 0 Å². The summed E-state index contributed by atoms with van der Waals surface area (Å²) < 4.78 is 5.32. The standard InChI is InChI=1S/C21H19N3O3S/c1-11-5-14-13(7-18(25)27-17(14)6-12(11)2)10-28-20-16(9-23)21(3,4)15(8-22)19(26)24-20/h5-7,15H,10H2,1-4H3,(H,24,26)/t15-/m0/s1. The molecular formula is C21H19N3O3S. The molecule has 0 spiro atoms. The maximum Gasteiger partial charge on any atom is 0.336 e. The van der Waals surface area contributed by atoms with Crippen molar-refractivity contribution in [3.05, 3.63) is 55.9 Å². The second kappa shape index (κ2) is 7.18. The van der Waals surface area contributed by atoms with Gasteiger partial charge in [-0.15, -0.1) is 11.8 Å². The second-order valence-corrected chi connectivity index (χ2v) is 8.39. The Morgan fingerprint density at radius 2 is 1.86 bits per heavy atom. The first-order chi connectivity index (χ1) is 13.2. The lowest BCUT2D eigenvalue weighted by molar-refractivity contribution is -0.125. The Labute approximate surface area is 166 Å². The minimum Gasteiger partial charge on any atom is -0.423 e. The van der Waals surface area contributed by atoms with E-state index < -0.39 is 22.9 Å². The van der Waals surface area contributed by atoms with Crippen molar-refractivity contribution in [1.29, 1.82) is 10.5 Å². The molecule has 1 aromatic heterocycles. The molecule has 28 heavy (non-hydrogen) atoms. The van der Waals surface area contributed by atoms with E-state index in [4.69, 9.17) is 4.42 Å². The molecule has 0 saturated heterocycles. The topological polar surface area (TPSA) is 107 Å². The normalized spacial score (nSPS) is 18.5. The first-order valence-corrected chi connectivity index (χ1v) is 9.69. The van der Waals surface area contributed by atoms with Gasteiger partial charge in [-0.3, -0.25) is 4.79 Å². The fourth-order valence-electron chi connectivity index (χ4n) is 3.29. The summed E-state index contributed by atoms with van der Waals surface area (Å²) in [5, 5.41) is 22.9. The van der Waals surface area contributed by atoms with Gasteiger partial charge in [0.05, 0.1) is 22.7 Å². The Hall–Kier alpha value is -3.03. The van der Waals surface area contributed by atoms with Gasteiger partial charge in [0.15, 0.2) is 0 Å². The van der Waals surface area contributed by atoms with Crippen LogP contribution in [0.5, 0.6) is 0 Å². The maximum atomic E-state index is 12.3. The lowest BCUT2D eigenvalue weighted by Gasteiger charge is -2.34. The number of fused-ring (bicyclic) bond motifs is 1. The van der Waals surface area contributed by atoms with E-state index in [9.17, 15) is 20.1 Å². The highest BCUT2D eigenvalue weighted by Crippen LogP contribution is 2.42. The Morgan fingerprint density at radius 3 is 2.50 bits per heavy atom. The molecule has 1 aliphatic rings. The summed E-state index contributed by atoms with van der Waals surface area (Å²) in [5.41, 5.74) is 2.41. The van der Waals surface area contributed by atoms with Crippen LogP contribution in [0.15, 0.2) is 38.0 Å². The van der Waals surface area contributed by atoms with E-state index in [0.29, 0.717) is 21.9 Å². The molecule has 1 N–H and O–H groups in total. The molecular weight excluding hydrogens is 374 g/mol. The number of rotatable bonds is 3. The van der Waals surface area contributed by atoms with Gasteiger partial charge in [0.1, 0.15) is 11.5 Å². The molecule has 142 valence electrons. The molecule has 0 saturated carbocycles. The molecule has 0 unspecified atom stereocenters. The third kappa shape index (κ3) is 3.30. The molecule has 6 nitrogen and oxygen atoms in total. The Bertz CT molecular complexity index is 1160. The summed E-state index contributed by atoms with van der Waals surface area (Å²) in [6, 6.07) is 9.37. The minimum atomic E-state index is -0.929. The van der Waals surface area contributed by atoms with Crippen LogP contribution in [0.1, 0.15) is 30.5 Å². The number of hydrogen-bond donors (Lipinski definition) is 1. The summed E-state index contributed by atoms with van der Waals surface area (Å²) in [7, 11) is 0. The quantitative estimate of drug-likeness (QED) is 0.797. The number of thioether (sulfide) groups is 1. The third-order valence-electron chi connectivity index (χ3n) is 5.15. The molecule has 0 aliphatic carbocycles. The Morgan fingerprint density at radius 1 is 1.18 bits per heavy atom. The van der Waals surface area contributed by atoms with Crippen molar-refractivity contribution >= 4 is 28.6 Å². The van der Waals surface area contributed by atoms with Gasteiger partial charge in [-0.1, -0.05) is 13.8 Å². The van der Waals surface area contributed by atoms with E-state index in [1.54, 1.807) is 13.8 Å². The summed E-state index contributed by atoms with van der Waals surface area (Å²) in [4.78, 5) is 24.3. The zero-order valence-electron chi connectivity index (χ0n) is 16.0. The minimum absolute atomic E-state index is 0.364. The maximum absolute atomic E-state index is 12.3. The Kier molecular flexibility index (Phi) is 5.06. The second-order valence-electron chi connectivity index (χ2n) is 7.40. The van der Waals surface area contributed by atoms with Gasteiger partial charge < -0.3 is 9.73 Å². The monoisotopic (exact) mass is 393 g/mol. The van der Waals surface area contributed by atoms with E-state index in [1.165, 1.54) is 17.8 Å². The average Bonchev–Trinajstić information content (AvgIpc) is 2.60. The first-order valence-electron chi connectivity index (χ1n) is 8.71. The number of nitrogens with zero attached hydrogens (tertiary/aromatic N) is 2. The van der Waals surface area contributed by atoms with Crippen LogP contribution in [0, 0.1) is 47.8 Å². The van der Waals surface area contributed by atoms with Gasteiger partial charge in [0.2, 0.25) is 5.91 Å². The van der Waals surface area contributed by atoms with E-state index in [0.717, 1.165) is 22.1 Å². The number of allylic oxidation sites excluding steroid dienone is 1. The lowest BCUT2D eigenvalue weighted by atomic mass is 9.72. The summed E-state index contributed by atoms with van der Waals surface area (Å²) in [6.45, 7) is 7.37. The van der Waals surface area contributed by atoms with Crippen LogP contribution in [-0.4, -0.2) is 5.91 Å². The molecule has 1 atom stereocenters. The van der Waals surface area contributed by atoms with Crippen molar-refractivity contribution in [2.24, 2.45) is 11.3 Å². The molecule has 0 fully saturated rings. The lowest BCUT2D eigenvalue weighted by Crippen LogP contribution is -2.44. The van der Waals surface area contributed by atoms with Gasteiger partial charge >= 0.3 is 5.63 Å². The highest BCUT2D eigenvalue weighted by Gasteiger charge is 2.44. The van der Waals surface area contributed by atoms with E-state index in [2.05, 4.69) is 11.4 Å². The van der Waals surface area contributed by atoms with Crippen molar-refractivity contribution in [3.8, 4) is 12.1 Å². The number of nitrogens with one attached hydrogen (secondary N) is 1. The van der Waals surface area contributed by atoms with Crippen molar-refractivity contribution in [1.82, 2.24) is 5.32 Å². The number of nitriles is 2. The summed E-state index contributed by atoms with van der Waals surface area (Å²) in [6.07, 6.45) is 0. The molecule has 2 aromatic rings. The number of hydrogen-bond acceptors (Lipinski definition) is 6. The number of aryl methyl sites for hydroxylation is 2. The van der Waals surface area contributed by atoms with Gasteiger partial charge in [-0.05, 0) is 42.7 Å². The number of benzene rings is 1. The molecule has 7 heteroatoms. The van der Waals surface area contributed by atoms with Crippen molar-refractivity contribution in [2.75, 3.05) is 0 Å². The number of carbonyl (C=O) groups excluding carboxylic acids is 1. The summed E-state index contributed by atoms with van der Waals surface area (Å²) >= 11 is 1.27.